The molecule has 2 aromatic carbocycles. The molecule has 0 atom stereocenters. The molecule has 3 rings (SSSR count). The number of hydrogen-bond acceptors (Lipinski definition) is 3. The Morgan fingerprint density at radius 3 is 2.44 bits per heavy atom. The van der Waals surface area contributed by atoms with Crippen LogP contribution in [0.25, 0.3) is 0 Å². The standard InChI is InChI=1S/C21H19BrN4O/c1-15-5-7-16(8-6-15)20(27)26-21(24-14-19-4-2-3-13-23-19)25-18-11-9-17(22)10-12-18/h2-13H,14H2,1H3,(H2,24,25,26,27). The summed E-state index contributed by atoms with van der Waals surface area (Å²) in [5.74, 6) is 0.146. The van der Waals surface area contributed by atoms with Crippen LogP contribution in [0.15, 0.2) is 82.4 Å². The lowest BCUT2D eigenvalue weighted by Crippen LogP contribution is -2.36. The van der Waals surface area contributed by atoms with Gasteiger partial charge in [-0.2, -0.15) is 0 Å². The Morgan fingerprint density at radius 1 is 1.04 bits per heavy atom. The molecule has 27 heavy (non-hydrogen) atoms. The average molecular weight is 423 g/mol. The third kappa shape index (κ3) is 5.76. The summed E-state index contributed by atoms with van der Waals surface area (Å²) in [6.45, 7) is 2.34. The fraction of sp³-hybridized carbons (Fsp3) is 0.0952. The number of nitrogens with zero attached hydrogens (tertiary/aromatic N) is 2. The predicted molar refractivity (Wildman–Crippen MR) is 112 cm³/mol. The van der Waals surface area contributed by atoms with Crippen molar-refractivity contribution >= 4 is 33.5 Å². The summed E-state index contributed by atoms with van der Waals surface area (Å²) in [6, 6.07) is 20.7. The van der Waals surface area contributed by atoms with E-state index >= 15 is 0 Å². The number of amides is 1. The molecule has 0 saturated heterocycles. The van der Waals surface area contributed by atoms with Crippen molar-refractivity contribution < 1.29 is 4.79 Å². The number of carbonyl (C=O) groups is 1. The number of guanidine groups is 1. The quantitative estimate of drug-likeness (QED) is 0.478. The monoisotopic (exact) mass is 422 g/mol. The molecule has 0 aliphatic rings. The zero-order valence-corrected chi connectivity index (χ0v) is 16.4. The second-order valence-electron chi connectivity index (χ2n) is 5.94. The van der Waals surface area contributed by atoms with Gasteiger partial charge in [-0.05, 0) is 55.5 Å². The van der Waals surface area contributed by atoms with Crippen molar-refractivity contribution in [3.8, 4) is 0 Å². The number of rotatable bonds is 4. The van der Waals surface area contributed by atoms with Gasteiger partial charge in [0.2, 0.25) is 5.96 Å². The Bertz CT molecular complexity index is 923. The first-order valence-electron chi connectivity index (χ1n) is 8.45. The summed E-state index contributed by atoms with van der Waals surface area (Å²) in [6.07, 6.45) is 1.72. The normalized spacial score (nSPS) is 11.1. The van der Waals surface area contributed by atoms with Crippen molar-refractivity contribution in [2.24, 2.45) is 4.99 Å². The van der Waals surface area contributed by atoms with Gasteiger partial charge >= 0.3 is 0 Å². The molecule has 0 bridgehead atoms. The molecule has 6 heteroatoms. The SMILES string of the molecule is Cc1ccc(C(=O)NC(=NCc2ccccn2)Nc2ccc(Br)cc2)cc1. The third-order valence-electron chi connectivity index (χ3n) is 3.78. The maximum Gasteiger partial charge on any atom is 0.257 e. The van der Waals surface area contributed by atoms with E-state index in [2.05, 4.69) is 36.5 Å². The third-order valence-corrected chi connectivity index (χ3v) is 4.31. The number of halogens is 1. The second-order valence-corrected chi connectivity index (χ2v) is 6.85. The van der Waals surface area contributed by atoms with Gasteiger partial charge in [-0.3, -0.25) is 15.1 Å². The summed E-state index contributed by atoms with van der Waals surface area (Å²) >= 11 is 3.41. The van der Waals surface area contributed by atoms with Crippen LogP contribution in [0, 0.1) is 6.92 Å². The van der Waals surface area contributed by atoms with E-state index in [9.17, 15) is 4.79 Å². The molecule has 1 amide bonds. The van der Waals surface area contributed by atoms with Crippen LogP contribution >= 0.6 is 15.9 Å². The van der Waals surface area contributed by atoms with Crippen LogP contribution in [-0.2, 0) is 6.54 Å². The largest absolute Gasteiger partial charge is 0.326 e. The summed E-state index contributed by atoms with van der Waals surface area (Å²) < 4.78 is 0.976. The molecule has 3 aromatic rings. The predicted octanol–water partition coefficient (Wildman–Crippen LogP) is 4.55. The lowest BCUT2D eigenvalue weighted by atomic mass is 10.1. The molecular formula is C21H19BrN4O. The van der Waals surface area contributed by atoms with E-state index in [4.69, 9.17) is 0 Å². The Hall–Kier alpha value is -2.99. The molecule has 0 aliphatic carbocycles. The Kier molecular flexibility index (Phi) is 6.33. The lowest BCUT2D eigenvalue weighted by molar-refractivity contribution is 0.0977. The Morgan fingerprint density at radius 2 is 1.78 bits per heavy atom. The summed E-state index contributed by atoms with van der Waals surface area (Å²) in [5.41, 5.74) is 3.31. The van der Waals surface area contributed by atoms with Crippen LogP contribution in [0.3, 0.4) is 0 Å². The lowest BCUT2D eigenvalue weighted by Gasteiger charge is -2.12. The Labute approximate surface area is 166 Å². The first-order chi connectivity index (χ1) is 13.1. The number of carbonyl (C=O) groups excluding carboxylic acids is 1. The molecule has 0 radical (unpaired) electrons. The molecule has 1 heterocycles. The summed E-state index contributed by atoms with van der Waals surface area (Å²) in [7, 11) is 0. The molecule has 0 aliphatic heterocycles. The van der Waals surface area contributed by atoms with Gasteiger partial charge in [-0.1, -0.05) is 39.7 Å². The molecule has 1 aromatic heterocycles. The summed E-state index contributed by atoms with van der Waals surface area (Å²) in [4.78, 5) is 21.3. The van der Waals surface area contributed by atoms with Crippen molar-refractivity contribution in [3.05, 3.63) is 94.2 Å². The molecule has 5 nitrogen and oxygen atoms in total. The highest BCUT2D eigenvalue weighted by Gasteiger charge is 2.09. The average Bonchev–Trinajstić information content (AvgIpc) is 2.69. The number of aliphatic imine (C=N–C) groups is 1. The van der Waals surface area contributed by atoms with Gasteiger partial charge in [0.05, 0.1) is 12.2 Å². The molecule has 0 spiro atoms. The first kappa shape index (κ1) is 18.8. The van der Waals surface area contributed by atoms with Crippen molar-refractivity contribution in [3.63, 3.8) is 0 Å². The molecule has 0 saturated carbocycles. The minimum Gasteiger partial charge on any atom is -0.326 e. The van der Waals surface area contributed by atoms with Gasteiger partial charge in [-0.15, -0.1) is 0 Å². The van der Waals surface area contributed by atoms with E-state index in [1.165, 1.54) is 0 Å². The number of hydrogen-bond donors (Lipinski definition) is 2. The zero-order chi connectivity index (χ0) is 19.1. The van der Waals surface area contributed by atoms with Crippen LogP contribution in [0.4, 0.5) is 5.69 Å². The molecule has 0 fully saturated rings. The fourth-order valence-corrected chi connectivity index (χ4v) is 2.58. The fourth-order valence-electron chi connectivity index (χ4n) is 2.32. The van der Waals surface area contributed by atoms with Gasteiger partial charge in [0.15, 0.2) is 0 Å². The minimum atomic E-state index is -0.223. The van der Waals surface area contributed by atoms with Crippen molar-refractivity contribution in [2.45, 2.75) is 13.5 Å². The Balaban J connectivity index is 1.78. The second kappa shape index (κ2) is 9.09. The van der Waals surface area contributed by atoms with Crippen molar-refractivity contribution in [2.75, 3.05) is 5.32 Å². The molecular weight excluding hydrogens is 404 g/mol. The highest BCUT2D eigenvalue weighted by molar-refractivity contribution is 9.10. The smallest absolute Gasteiger partial charge is 0.257 e. The molecule has 136 valence electrons. The van der Waals surface area contributed by atoms with E-state index in [0.29, 0.717) is 18.1 Å². The maximum absolute atomic E-state index is 12.6. The van der Waals surface area contributed by atoms with E-state index in [0.717, 1.165) is 21.4 Å². The van der Waals surface area contributed by atoms with Crippen LogP contribution in [0.2, 0.25) is 0 Å². The van der Waals surface area contributed by atoms with Gasteiger partial charge < -0.3 is 5.32 Å². The van der Waals surface area contributed by atoms with E-state index in [1.807, 2.05) is 61.5 Å². The first-order valence-corrected chi connectivity index (χ1v) is 9.24. The number of nitrogens with one attached hydrogen (secondary N) is 2. The number of pyridine rings is 1. The molecule has 2 N–H and O–H groups in total. The highest BCUT2D eigenvalue weighted by Crippen LogP contribution is 2.14. The van der Waals surface area contributed by atoms with Gasteiger partial charge in [0, 0.05) is 21.9 Å². The number of benzene rings is 2. The van der Waals surface area contributed by atoms with Crippen molar-refractivity contribution in [1.82, 2.24) is 10.3 Å². The van der Waals surface area contributed by atoms with Crippen LogP contribution in [0.1, 0.15) is 21.6 Å². The number of aryl methyl sites for hydroxylation is 1. The zero-order valence-electron chi connectivity index (χ0n) is 14.8. The van der Waals surface area contributed by atoms with E-state index < -0.39 is 0 Å². The van der Waals surface area contributed by atoms with E-state index in [-0.39, 0.29) is 5.91 Å². The van der Waals surface area contributed by atoms with Crippen molar-refractivity contribution in [1.29, 1.82) is 0 Å². The van der Waals surface area contributed by atoms with Gasteiger partial charge in [0.1, 0.15) is 0 Å². The van der Waals surface area contributed by atoms with Crippen LogP contribution in [-0.4, -0.2) is 16.9 Å². The van der Waals surface area contributed by atoms with E-state index in [1.54, 1.807) is 18.3 Å². The minimum absolute atomic E-state index is 0.223. The van der Waals surface area contributed by atoms with Gasteiger partial charge in [-0.25, -0.2) is 4.99 Å². The summed E-state index contributed by atoms with van der Waals surface area (Å²) in [5, 5.41) is 6.00. The maximum atomic E-state index is 12.6. The number of aromatic nitrogens is 1. The van der Waals surface area contributed by atoms with Crippen LogP contribution < -0.4 is 10.6 Å². The highest BCUT2D eigenvalue weighted by atomic mass is 79.9. The topological polar surface area (TPSA) is 66.4 Å². The molecule has 0 unspecified atom stereocenters. The van der Waals surface area contributed by atoms with Gasteiger partial charge in [0.25, 0.3) is 5.91 Å². The number of anilines is 1. The van der Waals surface area contributed by atoms with Crippen LogP contribution in [0.5, 0.6) is 0 Å².